The van der Waals surface area contributed by atoms with E-state index in [9.17, 15) is 0 Å². The number of amidine groups is 1. The number of nitrogens with one attached hydrogen (secondary N) is 1. The van der Waals surface area contributed by atoms with E-state index in [1.165, 1.54) is 12.8 Å². The lowest BCUT2D eigenvalue weighted by atomic mass is 9.97. The van der Waals surface area contributed by atoms with E-state index >= 15 is 0 Å². The van der Waals surface area contributed by atoms with Crippen molar-refractivity contribution in [3.63, 3.8) is 0 Å². The largest absolute Gasteiger partial charge is 0.402 e. The number of hydrogen-bond acceptors (Lipinski definition) is 7. The van der Waals surface area contributed by atoms with Crippen molar-refractivity contribution in [3.05, 3.63) is 36.0 Å². The topological polar surface area (TPSA) is 129 Å². The summed E-state index contributed by atoms with van der Waals surface area (Å²) in [5, 5.41) is 13.6. The molecule has 2 saturated heterocycles. The molecular formula is C22H28N8. The summed E-state index contributed by atoms with van der Waals surface area (Å²) in [5.74, 6) is 1.39. The summed E-state index contributed by atoms with van der Waals surface area (Å²) in [6.45, 7) is 2.63. The van der Waals surface area contributed by atoms with Gasteiger partial charge in [-0.1, -0.05) is 12.1 Å². The maximum absolute atomic E-state index is 8.94. The summed E-state index contributed by atoms with van der Waals surface area (Å²) < 4.78 is 0. The predicted octanol–water partition coefficient (Wildman–Crippen LogP) is 2.80. The Morgan fingerprint density at radius 1 is 1.27 bits per heavy atom. The summed E-state index contributed by atoms with van der Waals surface area (Å²) in [5.41, 5.74) is 13.0. The molecule has 1 unspecified atom stereocenters. The monoisotopic (exact) mass is 404 g/mol. The maximum atomic E-state index is 8.94. The number of aliphatic imine (C=N–C) groups is 1. The number of piperidine rings is 1. The molecule has 2 aliphatic rings. The van der Waals surface area contributed by atoms with Gasteiger partial charge >= 0.3 is 0 Å². The smallest absolute Gasteiger partial charge is 0.253 e. The van der Waals surface area contributed by atoms with Gasteiger partial charge in [-0.2, -0.15) is 15.2 Å². The standard InChI is InChI=1S/C22H28N8/c1-14(24)11-20(25)28-22-27-19-6-3-2-5-18(19)21(29-22)26-15-12-16-7-8-17(13-15)30(16)10-4-9-23/h2-3,5-6,11,15-17H,4,7-8,10,12-13,24H2,1H3,(H3,25,26,27,28,29)/b14-11-/t15?,16-,17+. The van der Waals surface area contributed by atoms with Crippen LogP contribution in [-0.4, -0.2) is 45.4 Å². The van der Waals surface area contributed by atoms with Crippen LogP contribution in [0.3, 0.4) is 0 Å². The minimum absolute atomic E-state index is 0.278. The first-order valence-electron chi connectivity index (χ1n) is 10.5. The molecule has 3 heterocycles. The molecule has 8 nitrogen and oxygen atoms in total. The third-order valence-corrected chi connectivity index (χ3v) is 5.90. The highest BCUT2D eigenvalue weighted by Gasteiger charge is 2.40. The Balaban J connectivity index is 1.58. The van der Waals surface area contributed by atoms with E-state index in [-0.39, 0.29) is 5.84 Å². The maximum Gasteiger partial charge on any atom is 0.253 e. The lowest BCUT2D eigenvalue weighted by Gasteiger charge is -2.39. The van der Waals surface area contributed by atoms with Gasteiger partial charge in [-0.3, -0.25) is 4.90 Å². The molecule has 2 bridgehead atoms. The molecule has 0 saturated carbocycles. The zero-order chi connectivity index (χ0) is 21.1. The van der Waals surface area contributed by atoms with Crippen LogP contribution >= 0.6 is 0 Å². The van der Waals surface area contributed by atoms with Crippen LogP contribution in [0.25, 0.3) is 10.9 Å². The van der Waals surface area contributed by atoms with E-state index in [1.54, 1.807) is 13.0 Å². The van der Waals surface area contributed by atoms with Crippen LogP contribution in [0, 0.1) is 11.3 Å². The third kappa shape index (κ3) is 4.36. The quantitative estimate of drug-likeness (QED) is 0.498. The van der Waals surface area contributed by atoms with Crippen LogP contribution in [0.15, 0.2) is 41.0 Å². The predicted molar refractivity (Wildman–Crippen MR) is 119 cm³/mol. The molecule has 2 fully saturated rings. The van der Waals surface area contributed by atoms with Crippen LogP contribution in [0.4, 0.5) is 11.8 Å². The fourth-order valence-electron chi connectivity index (χ4n) is 4.73. The number of para-hydroxylation sites is 1. The number of rotatable bonds is 6. The molecule has 2 aromatic rings. The second-order valence-electron chi connectivity index (χ2n) is 8.16. The van der Waals surface area contributed by atoms with Gasteiger partial charge in [0.15, 0.2) is 0 Å². The fraction of sp³-hybridized carbons (Fsp3) is 0.455. The Labute approximate surface area is 176 Å². The molecule has 4 rings (SSSR count). The van der Waals surface area contributed by atoms with Crippen molar-refractivity contribution >= 4 is 28.5 Å². The molecule has 1 aromatic heterocycles. The highest BCUT2D eigenvalue weighted by atomic mass is 15.2. The summed E-state index contributed by atoms with van der Waals surface area (Å²) in [4.78, 5) is 16.1. The van der Waals surface area contributed by atoms with Gasteiger partial charge in [0.2, 0.25) is 0 Å². The first-order chi connectivity index (χ1) is 14.5. The molecule has 1 aromatic carbocycles. The number of nitriles is 1. The molecule has 0 spiro atoms. The van der Waals surface area contributed by atoms with Gasteiger partial charge in [0.1, 0.15) is 11.7 Å². The van der Waals surface area contributed by atoms with Crippen molar-refractivity contribution < 1.29 is 0 Å². The molecule has 30 heavy (non-hydrogen) atoms. The van der Waals surface area contributed by atoms with E-state index in [4.69, 9.17) is 16.7 Å². The molecule has 8 heteroatoms. The Bertz CT molecular complexity index is 1000. The Morgan fingerprint density at radius 3 is 2.70 bits per heavy atom. The fourth-order valence-corrected chi connectivity index (χ4v) is 4.73. The van der Waals surface area contributed by atoms with Gasteiger partial charge in [-0.05, 0) is 50.8 Å². The number of nitrogens with zero attached hydrogens (tertiary/aromatic N) is 5. The average molecular weight is 405 g/mol. The van der Waals surface area contributed by atoms with Crippen molar-refractivity contribution in [1.29, 1.82) is 5.26 Å². The summed E-state index contributed by atoms with van der Waals surface area (Å²) in [6.07, 6.45) is 6.71. The molecule has 0 amide bonds. The molecule has 2 aliphatic heterocycles. The van der Waals surface area contributed by atoms with Gasteiger partial charge < -0.3 is 16.8 Å². The number of allylic oxidation sites excluding steroid dienone is 1. The number of fused-ring (bicyclic) bond motifs is 3. The van der Waals surface area contributed by atoms with Crippen molar-refractivity contribution in [1.82, 2.24) is 14.9 Å². The van der Waals surface area contributed by atoms with Gasteiger partial charge in [-0.25, -0.2) is 4.98 Å². The van der Waals surface area contributed by atoms with Crippen LogP contribution in [0.2, 0.25) is 0 Å². The van der Waals surface area contributed by atoms with E-state index in [2.05, 4.69) is 31.2 Å². The second kappa shape index (κ2) is 8.67. The molecule has 0 aliphatic carbocycles. The van der Waals surface area contributed by atoms with Crippen LogP contribution in [0.5, 0.6) is 0 Å². The first kappa shape index (κ1) is 20.1. The number of benzene rings is 1. The zero-order valence-electron chi connectivity index (χ0n) is 17.3. The SMILES string of the molecule is C/C(N)=C/C(N)=Nc1nc(NC2C[C@H]3CC[C@@H](C2)N3CCC#N)c2ccccc2n1. The van der Waals surface area contributed by atoms with Gasteiger partial charge in [0.25, 0.3) is 5.95 Å². The first-order valence-corrected chi connectivity index (χ1v) is 10.5. The van der Waals surface area contributed by atoms with Gasteiger partial charge in [0, 0.05) is 42.2 Å². The van der Waals surface area contributed by atoms with Crippen molar-refractivity contribution in [3.8, 4) is 6.07 Å². The summed E-state index contributed by atoms with van der Waals surface area (Å²) in [7, 11) is 0. The molecule has 3 atom stereocenters. The highest BCUT2D eigenvalue weighted by Crippen LogP contribution is 2.37. The van der Waals surface area contributed by atoms with Crippen molar-refractivity contribution in [2.45, 2.75) is 57.2 Å². The lowest BCUT2D eigenvalue weighted by molar-refractivity contribution is 0.136. The normalized spacial score (nSPS) is 24.7. The summed E-state index contributed by atoms with van der Waals surface area (Å²) in [6, 6.07) is 11.6. The third-order valence-electron chi connectivity index (χ3n) is 5.90. The molecule has 0 radical (unpaired) electrons. The summed E-state index contributed by atoms with van der Waals surface area (Å²) >= 11 is 0. The second-order valence-corrected chi connectivity index (χ2v) is 8.16. The minimum Gasteiger partial charge on any atom is -0.402 e. The zero-order valence-corrected chi connectivity index (χ0v) is 17.3. The lowest BCUT2D eigenvalue weighted by Crippen LogP contribution is -2.47. The van der Waals surface area contributed by atoms with Crippen LogP contribution in [0.1, 0.15) is 39.0 Å². The van der Waals surface area contributed by atoms with Gasteiger partial charge in [0.05, 0.1) is 11.6 Å². The molecule has 156 valence electrons. The molecule has 5 N–H and O–H groups in total. The Morgan fingerprint density at radius 2 is 2.00 bits per heavy atom. The van der Waals surface area contributed by atoms with Crippen LogP contribution in [-0.2, 0) is 0 Å². The number of anilines is 1. The number of hydrogen-bond donors (Lipinski definition) is 3. The Hall–Kier alpha value is -3.18. The number of nitrogens with two attached hydrogens (primary N) is 2. The van der Waals surface area contributed by atoms with Crippen LogP contribution < -0.4 is 16.8 Å². The average Bonchev–Trinajstić information content (AvgIpc) is 2.93. The van der Waals surface area contributed by atoms with E-state index in [0.717, 1.165) is 36.1 Å². The minimum atomic E-state index is 0.278. The molecular weight excluding hydrogens is 376 g/mol. The Kier molecular flexibility index (Phi) is 5.81. The van der Waals surface area contributed by atoms with E-state index in [1.807, 2.05) is 24.3 Å². The van der Waals surface area contributed by atoms with Gasteiger partial charge in [-0.15, -0.1) is 0 Å². The van der Waals surface area contributed by atoms with E-state index < -0.39 is 0 Å². The number of aromatic nitrogens is 2. The van der Waals surface area contributed by atoms with E-state index in [0.29, 0.717) is 36.2 Å². The van der Waals surface area contributed by atoms with Crippen molar-refractivity contribution in [2.24, 2.45) is 16.5 Å². The van der Waals surface area contributed by atoms with Crippen molar-refractivity contribution in [2.75, 3.05) is 11.9 Å². The highest BCUT2D eigenvalue weighted by molar-refractivity contribution is 5.94.